The largest absolute Gasteiger partial charge is 0.482 e. The topological polar surface area (TPSA) is 46.5 Å². The summed E-state index contributed by atoms with van der Waals surface area (Å²) in [5.74, 6) is 0.362. The van der Waals surface area contributed by atoms with Crippen molar-refractivity contribution < 1.29 is 14.6 Å². The highest BCUT2D eigenvalue weighted by Crippen LogP contribution is 2.29. The van der Waals surface area contributed by atoms with E-state index >= 15 is 0 Å². The van der Waals surface area contributed by atoms with Gasteiger partial charge < -0.3 is 9.84 Å². The molecular weight excluding hydrogens is 516 g/mol. The van der Waals surface area contributed by atoms with Crippen molar-refractivity contribution in [2.24, 2.45) is 0 Å². The molecule has 0 amide bonds. The maximum atomic E-state index is 10.6. The molecule has 0 aliphatic rings. The van der Waals surface area contributed by atoms with Crippen LogP contribution in [0.15, 0.2) is 92.7 Å². The van der Waals surface area contributed by atoms with E-state index in [1.54, 1.807) is 23.9 Å². The normalized spacial score (nSPS) is 10.4. The lowest BCUT2D eigenvalue weighted by molar-refractivity contribution is -0.139. The van der Waals surface area contributed by atoms with E-state index in [2.05, 4.69) is 62.2 Å². The monoisotopic (exact) mass is 532 g/mol. The summed E-state index contributed by atoms with van der Waals surface area (Å²) >= 11 is 8.83. The van der Waals surface area contributed by atoms with Crippen molar-refractivity contribution in [3.05, 3.63) is 98.9 Å². The zero-order valence-corrected chi connectivity index (χ0v) is 19.3. The van der Waals surface area contributed by atoms with E-state index in [0.717, 1.165) is 30.7 Å². The minimum atomic E-state index is -0.985. The van der Waals surface area contributed by atoms with Crippen LogP contribution < -0.4 is 4.74 Å². The standard InChI is InChI=1S/C23H18Br2O3S/c24-18-5-1-3-16(13-18)22(17-4-2-6-19(25)14-17)11-12-29-21-9-7-20(8-10-21)28-15-23(26)27/h1-11,13-14H,12,15H2,(H,26,27). The summed E-state index contributed by atoms with van der Waals surface area (Å²) < 4.78 is 7.26. The Labute approximate surface area is 191 Å². The van der Waals surface area contributed by atoms with Gasteiger partial charge in [0.15, 0.2) is 6.61 Å². The fraction of sp³-hybridized carbons (Fsp3) is 0.0870. The van der Waals surface area contributed by atoms with Crippen molar-refractivity contribution in [1.29, 1.82) is 0 Å². The molecular formula is C23H18Br2O3S. The van der Waals surface area contributed by atoms with E-state index in [4.69, 9.17) is 9.84 Å². The number of carboxylic acid groups (broad SMARTS) is 1. The molecule has 0 fully saturated rings. The molecule has 0 heterocycles. The predicted molar refractivity (Wildman–Crippen MR) is 126 cm³/mol. The van der Waals surface area contributed by atoms with Gasteiger partial charge in [0, 0.05) is 19.6 Å². The lowest BCUT2D eigenvalue weighted by Gasteiger charge is -2.10. The highest BCUT2D eigenvalue weighted by Gasteiger charge is 2.07. The van der Waals surface area contributed by atoms with Crippen LogP contribution in [0.1, 0.15) is 11.1 Å². The van der Waals surface area contributed by atoms with Crippen molar-refractivity contribution >= 4 is 55.2 Å². The summed E-state index contributed by atoms with van der Waals surface area (Å²) in [6.45, 7) is -0.335. The lowest BCUT2D eigenvalue weighted by atomic mass is 9.98. The van der Waals surface area contributed by atoms with Crippen LogP contribution in [0.2, 0.25) is 0 Å². The molecule has 0 spiro atoms. The van der Waals surface area contributed by atoms with Gasteiger partial charge in [-0.05, 0) is 65.2 Å². The maximum absolute atomic E-state index is 10.6. The molecule has 0 aliphatic carbocycles. The first kappa shape index (κ1) is 21.7. The summed E-state index contributed by atoms with van der Waals surface area (Å²) in [7, 11) is 0. The SMILES string of the molecule is O=C(O)COc1ccc(SCC=C(c2cccc(Br)c2)c2cccc(Br)c2)cc1. The van der Waals surface area contributed by atoms with Gasteiger partial charge in [0.2, 0.25) is 0 Å². The van der Waals surface area contributed by atoms with Gasteiger partial charge in [-0.25, -0.2) is 4.79 Å². The molecule has 6 heteroatoms. The molecule has 29 heavy (non-hydrogen) atoms. The smallest absolute Gasteiger partial charge is 0.341 e. The van der Waals surface area contributed by atoms with E-state index in [1.807, 2.05) is 36.4 Å². The number of rotatable bonds is 8. The Morgan fingerprint density at radius 2 is 1.52 bits per heavy atom. The predicted octanol–water partition coefficient (Wildman–Crippen LogP) is 6.90. The molecule has 0 atom stereocenters. The van der Waals surface area contributed by atoms with Gasteiger partial charge >= 0.3 is 5.97 Å². The summed E-state index contributed by atoms with van der Waals surface area (Å²) in [5.41, 5.74) is 3.47. The molecule has 0 radical (unpaired) electrons. The molecule has 0 saturated carbocycles. The van der Waals surface area contributed by atoms with Gasteiger partial charge in [-0.2, -0.15) is 0 Å². The Hall–Kier alpha value is -2.02. The second kappa shape index (κ2) is 10.7. The molecule has 0 saturated heterocycles. The first-order valence-corrected chi connectivity index (χ1v) is 11.4. The number of carboxylic acids is 1. The number of halogens is 2. The molecule has 1 N–H and O–H groups in total. The summed E-state index contributed by atoms with van der Waals surface area (Å²) in [5, 5.41) is 8.68. The Balaban J connectivity index is 1.76. The van der Waals surface area contributed by atoms with Gasteiger partial charge in [0.25, 0.3) is 0 Å². The fourth-order valence-corrected chi connectivity index (χ4v) is 4.28. The Kier molecular flexibility index (Phi) is 7.98. The van der Waals surface area contributed by atoms with Crippen molar-refractivity contribution in [3.8, 4) is 5.75 Å². The third-order valence-corrected chi connectivity index (χ3v) is 5.92. The number of hydrogen-bond donors (Lipinski definition) is 1. The third-order valence-electron chi connectivity index (χ3n) is 3.99. The van der Waals surface area contributed by atoms with Crippen LogP contribution in [-0.2, 0) is 4.79 Å². The molecule has 3 nitrogen and oxygen atoms in total. The highest BCUT2D eigenvalue weighted by molar-refractivity contribution is 9.10. The minimum Gasteiger partial charge on any atom is -0.482 e. The Bertz CT molecular complexity index is 969. The number of aliphatic carboxylic acids is 1. The first-order valence-electron chi connectivity index (χ1n) is 8.81. The summed E-state index contributed by atoms with van der Waals surface area (Å²) in [6.07, 6.45) is 2.23. The molecule has 3 aromatic carbocycles. The van der Waals surface area contributed by atoms with Crippen molar-refractivity contribution in [3.63, 3.8) is 0 Å². The Morgan fingerprint density at radius 1 is 0.931 bits per heavy atom. The summed E-state index contributed by atoms with van der Waals surface area (Å²) in [4.78, 5) is 11.7. The zero-order chi connectivity index (χ0) is 20.6. The van der Waals surface area contributed by atoms with Crippen LogP contribution in [0.25, 0.3) is 5.57 Å². The van der Waals surface area contributed by atoms with E-state index < -0.39 is 5.97 Å². The van der Waals surface area contributed by atoms with Crippen molar-refractivity contribution in [2.75, 3.05) is 12.4 Å². The molecule has 0 bridgehead atoms. The number of carbonyl (C=O) groups is 1. The number of benzene rings is 3. The fourth-order valence-electron chi connectivity index (χ4n) is 2.71. The second-order valence-corrected chi connectivity index (χ2v) is 9.03. The van der Waals surface area contributed by atoms with E-state index in [0.29, 0.717) is 5.75 Å². The molecule has 3 rings (SSSR count). The average Bonchev–Trinajstić information content (AvgIpc) is 2.70. The zero-order valence-electron chi connectivity index (χ0n) is 15.3. The van der Waals surface area contributed by atoms with E-state index in [1.165, 1.54) is 5.57 Å². The van der Waals surface area contributed by atoms with Gasteiger partial charge in [0.05, 0.1) is 0 Å². The van der Waals surface area contributed by atoms with Gasteiger partial charge in [0.1, 0.15) is 5.75 Å². The van der Waals surface area contributed by atoms with Crippen molar-refractivity contribution in [1.82, 2.24) is 0 Å². The minimum absolute atomic E-state index is 0.335. The van der Waals surface area contributed by atoms with Crippen LogP contribution in [0.5, 0.6) is 5.75 Å². The second-order valence-electron chi connectivity index (χ2n) is 6.10. The average molecular weight is 534 g/mol. The molecule has 148 valence electrons. The maximum Gasteiger partial charge on any atom is 0.341 e. The Morgan fingerprint density at radius 3 is 2.03 bits per heavy atom. The number of ether oxygens (including phenoxy) is 1. The molecule has 0 aromatic heterocycles. The van der Waals surface area contributed by atoms with Crippen LogP contribution in [0.3, 0.4) is 0 Å². The van der Waals surface area contributed by atoms with Crippen LogP contribution in [-0.4, -0.2) is 23.4 Å². The van der Waals surface area contributed by atoms with Gasteiger partial charge in [-0.3, -0.25) is 0 Å². The molecule has 0 unspecified atom stereocenters. The third kappa shape index (κ3) is 6.77. The molecule has 0 aliphatic heterocycles. The van der Waals surface area contributed by atoms with Crippen LogP contribution >= 0.6 is 43.6 Å². The first-order chi connectivity index (χ1) is 14.0. The van der Waals surface area contributed by atoms with E-state index in [-0.39, 0.29) is 6.61 Å². The highest BCUT2D eigenvalue weighted by atomic mass is 79.9. The van der Waals surface area contributed by atoms with Crippen molar-refractivity contribution in [2.45, 2.75) is 4.90 Å². The molecule has 3 aromatic rings. The van der Waals surface area contributed by atoms with Gasteiger partial charge in [-0.15, -0.1) is 11.8 Å². The van der Waals surface area contributed by atoms with Crippen LogP contribution in [0.4, 0.5) is 0 Å². The quantitative estimate of drug-likeness (QED) is 0.320. The van der Waals surface area contributed by atoms with E-state index in [9.17, 15) is 4.79 Å². The number of hydrogen-bond acceptors (Lipinski definition) is 3. The van der Waals surface area contributed by atoms with Gasteiger partial charge in [-0.1, -0.05) is 62.2 Å². The number of thioether (sulfide) groups is 1. The van der Waals surface area contributed by atoms with Crippen LogP contribution in [0, 0.1) is 0 Å². The summed E-state index contributed by atoms with van der Waals surface area (Å²) in [6, 6.07) is 24.0. The lowest BCUT2D eigenvalue weighted by Crippen LogP contribution is -2.09.